The molecule has 0 saturated heterocycles. The Morgan fingerprint density at radius 2 is 2.05 bits per heavy atom. The van der Waals surface area contributed by atoms with Crippen LogP contribution >= 0.6 is 0 Å². The Morgan fingerprint density at radius 1 is 1.20 bits per heavy atom. The second-order valence-electron chi connectivity index (χ2n) is 4.76. The molecular weight excluding hydrogens is 252 g/mol. The van der Waals surface area contributed by atoms with Crippen molar-refractivity contribution in [3.8, 4) is 11.3 Å². The van der Waals surface area contributed by atoms with E-state index in [1.54, 1.807) is 12.3 Å². The summed E-state index contributed by atoms with van der Waals surface area (Å²) in [5.41, 5.74) is 9.96. The van der Waals surface area contributed by atoms with Crippen molar-refractivity contribution >= 4 is 5.82 Å². The summed E-state index contributed by atoms with van der Waals surface area (Å²) in [6.07, 6.45) is 7.30. The first kappa shape index (κ1) is 12.4. The van der Waals surface area contributed by atoms with Gasteiger partial charge in [-0.1, -0.05) is 0 Å². The zero-order valence-electron chi connectivity index (χ0n) is 11.5. The van der Waals surface area contributed by atoms with E-state index < -0.39 is 0 Å². The van der Waals surface area contributed by atoms with E-state index in [-0.39, 0.29) is 0 Å². The first-order valence-corrected chi connectivity index (χ1v) is 6.34. The van der Waals surface area contributed by atoms with Crippen molar-refractivity contribution in [1.29, 1.82) is 0 Å². The third-order valence-corrected chi connectivity index (χ3v) is 3.47. The summed E-state index contributed by atoms with van der Waals surface area (Å²) in [5, 5.41) is 4.26. The largest absolute Gasteiger partial charge is 0.384 e. The van der Waals surface area contributed by atoms with Crippen LogP contribution < -0.4 is 5.73 Å². The Kier molecular flexibility index (Phi) is 2.98. The fourth-order valence-electron chi connectivity index (χ4n) is 2.13. The van der Waals surface area contributed by atoms with Crippen molar-refractivity contribution in [2.45, 2.75) is 13.5 Å². The molecule has 0 saturated carbocycles. The highest BCUT2D eigenvalue weighted by Crippen LogP contribution is 2.20. The number of nitrogens with zero attached hydrogens (tertiary/aromatic N) is 5. The maximum Gasteiger partial charge on any atom is 0.123 e. The Hall–Kier alpha value is -2.63. The van der Waals surface area contributed by atoms with Gasteiger partial charge in [0.2, 0.25) is 0 Å². The van der Waals surface area contributed by atoms with Gasteiger partial charge in [0.1, 0.15) is 5.82 Å². The summed E-state index contributed by atoms with van der Waals surface area (Å²) in [6.45, 7) is 2.79. The number of nitrogen functional groups attached to an aromatic ring is 1. The average molecular weight is 268 g/mol. The highest BCUT2D eigenvalue weighted by molar-refractivity contribution is 5.59. The standard InChI is InChI=1S/C14H16N6/c1-10-12(6-18-19(10)2)8-20-9-16-7-13(20)11-3-4-14(15)17-5-11/h3-7,9H,8H2,1-2H3,(H2,15,17). The Balaban J connectivity index is 1.94. The first-order chi connectivity index (χ1) is 9.65. The lowest BCUT2D eigenvalue weighted by Crippen LogP contribution is -2.02. The van der Waals surface area contributed by atoms with E-state index in [1.165, 1.54) is 5.56 Å². The molecule has 6 heteroatoms. The van der Waals surface area contributed by atoms with E-state index >= 15 is 0 Å². The average Bonchev–Trinajstić information content (AvgIpc) is 3.02. The molecule has 0 aliphatic carbocycles. The SMILES string of the molecule is Cc1c(Cn2cncc2-c2ccc(N)nc2)cnn1C. The molecular formula is C14H16N6. The second-order valence-corrected chi connectivity index (χ2v) is 4.76. The van der Waals surface area contributed by atoms with Crippen molar-refractivity contribution < 1.29 is 0 Å². The fourth-order valence-corrected chi connectivity index (χ4v) is 2.13. The minimum Gasteiger partial charge on any atom is -0.384 e. The Morgan fingerprint density at radius 3 is 2.70 bits per heavy atom. The summed E-state index contributed by atoms with van der Waals surface area (Å²) in [4.78, 5) is 8.36. The number of pyridine rings is 1. The molecule has 3 heterocycles. The topological polar surface area (TPSA) is 74.6 Å². The number of hydrogen-bond donors (Lipinski definition) is 1. The first-order valence-electron chi connectivity index (χ1n) is 6.34. The number of rotatable bonds is 3. The van der Waals surface area contributed by atoms with Crippen molar-refractivity contribution in [2.24, 2.45) is 7.05 Å². The number of hydrogen-bond acceptors (Lipinski definition) is 4. The minimum absolute atomic E-state index is 0.517. The maximum absolute atomic E-state index is 5.62. The molecule has 20 heavy (non-hydrogen) atoms. The molecule has 3 aromatic rings. The summed E-state index contributed by atoms with van der Waals surface area (Å²) in [7, 11) is 1.94. The second kappa shape index (κ2) is 4.80. The lowest BCUT2D eigenvalue weighted by Gasteiger charge is -2.08. The molecule has 0 amide bonds. The van der Waals surface area contributed by atoms with Crippen molar-refractivity contribution in [1.82, 2.24) is 24.3 Å². The molecule has 3 aromatic heterocycles. The van der Waals surface area contributed by atoms with Crippen LogP contribution in [0.25, 0.3) is 11.3 Å². The molecule has 0 aliphatic heterocycles. The van der Waals surface area contributed by atoms with E-state index in [4.69, 9.17) is 5.73 Å². The van der Waals surface area contributed by atoms with Crippen LogP contribution in [0, 0.1) is 6.92 Å². The van der Waals surface area contributed by atoms with Crippen LogP contribution in [0.15, 0.2) is 37.1 Å². The zero-order valence-corrected chi connectivity index (χ0v) is 11.5. The third kappa shape index (κ3) is 2.16. The molecule has 0 unspecified atom stereocenters. The predicted molar refractivity (Wildman–Crippen MR) is 76.9 cm³/mol. The van der Waals surface area contributed by atoms with Gasteiger partial charge >= 0.3 is 0 Å². The van der Waals surface area contributed by atoms with Gasteiger partial charge in [-0.15, -0.1) is 0 Å². The van der Waals surface area contributed by atoms with Gasteiger partial charge in [-0.25, -0.2) is 9.97 Å². The summed E-state index contributed by atoms with van der Waals surface area (Å²) in [6, 6.07) is 3.74. The van der Waals surface area contributed by atoms with E-state index in [0.29, 0.717) is 5.82 Å². The Labute approximate surface area is 116 Å². The third-order valence-electron chi connectivity index (χ3n) is 3.47. The van der Waals surface area contributed by atoms with Crippen molar-refractivity contribution in [3.63, 3.8) is 0 Å². The van der Waals surface area contributed by atoms with Gasteiger partial charge in [-0.2, -0.15) is 5.10 Å². The minimum atomic E-state index is 0.517. The molecule has 0 fully saturated rings. The van der Waals surface area contributed by atoms with Gasteiger partial charge in [0, 0.05) is 30.1 Å². The van der Waals surface area contributed by atoms with Gasteiger partial charge < -0.3 is 10.3 Å². The molecule has 2 N–H and O–H groups in total. The van der Waals surface area contributed by atoms with E-state index in [2.05, 4.69) is 26.6 Å². The van der Waals surface area contributed by atoms with Crippen LogP contribution in [0.2, 0.25) is 0 Å². The molecule has 0 radical (unpaired) electrons. The summed E-state index contributed by atoms with van der Waals surface area (Å²) in [5.74, 6) is 0.517. The number of anilines is 1. The van der Waals surface area contributed by atoms with Gasteiger partial charge in [0.15, 0.2) is 0 Å². The molecule has 102 valence electrons. The van der Waals surface area contributed by atoms with Gasteiger partial charge in [0.05, 0.1) is 31.0 Å². The number of imidazole rings is 1. The molecule has 6 nitrogen and oxygen atoms in total. The highest BCUT2D eigenvalue weighted by Gasteiger charge is 2.09. The molecule has 0 spiro atoms. The smallest absolute Gasteiger partial charge is 0.123 e. The van der Waals surface area contributed by atoms with Crippen LogP contribution in [0.5, 0.6) is 0 Å². The summed E-state index contributed by atoms with van der Waals surface area (Å²) < 4.78 is 3.95. The lowest BCUT2D eigenvalue weighted by atomic mass is 10.2. The van der Waals surface area contributed by atoms with E-state index in [1.807, 2.05) is 36.5 Å². The van der Waals surface area contributed by atoms with E-state index in [0.717, 1.165) is 23.5 Å². The van der Waals surface area contributed by atoms with Gasteiger partial charge in [0.25, 0.3) is 0 Å². The molecule has 0 aromatic carbocycles. The van der Waals surface area contributed by atoms with Crippen LogP contribution in [0.4, 0.5) is 5.82 Å². The van der Waals surface area contributed by atoms with Crippen molar-refractivity contribution in [3.05, 3.63) is 48.3 Å². The quantitative estimate of drug-likeness (QED) is 0.783. The number of aryl methyl sites for hydroxylation is 1. The monoisotopic (exact) mass is 268 g/mol. The number of nitrogens with two attached hydrogens (primary N) is 1. The lowest BCUT2D eigenvalue weighted by molar-refractivity contribution is 0.732. The van der Waals surface area contributed by atoms with Gasteiger partial charge in [-0.05, 0) is 19.1 Å². The Bertz CT molecular complexity index is 722. The van der Waals surface area contributed by atoms with Crippen LogP contribution in [-0.2, 0) is 13.6 Å². The maximum atomic E-state index is 5.62. The van der Waals surface area contributed by atoms with Crippen LogP contribution in [0.3, 0.4) is 0 Å². The molecule has 0 aliphatic rings. The zero-order chi connectivity index (χ0) is 14.1. The highest BCUT2D eigenvalue weighted by atomic mass is 15.3. The predicted octanol–water partition coefficient (Wildman–Crippen LogP) is 1.62. The fraction of sp³-hybridized carbons (Fsp3) is 0.214. The number of aromatic nitrogens is 5. The summed E-state index contributed by atoms with van der Waals surface area (Å²) >= 11 is 0. The molecule has 3 rings (SSSR count). The normalized spacial score (nSPS) is 10.9. The van der Waals surface area contributed by atoms with E-state index in [9.17, 15) is 0 Å². The van der Waals surface area contributed by atoms with Crippen molar-refractivity contribution in [2.75, 3.05) is 5.73 Å². The molecule has 0 bridgehead atoms. The van der Waals surface area contributed by atoms with Crippen LogP contribution in [0.1, 0.15) is 11.3 Å². The van der Waals surface area contributed by atoms with Crippen LogP contribution in [-0.4, -0.2) is 24.3 Å². The van der Waals surface area contributed by atoms with Gasteiger partial charge in [-0.3, -0.25) is 4.68 Å². The molecule has 0 atom stereocenters.